The van der Waals surface area contributed by atoms with Crippen molar-refractivity contribution < 1.29 is 0 Å². The van der Waals surface area contributed by atoms with Gasteiger partial charge in [0.25, 0.3) is 0 Å². The van der Waals surface area contributed by atoms with Crippen molar-refractivity contribution in [2.24, 2.45) is 5.92 Å². The van der Waals surface area contributed by atoms with Gasteiger partial charge < -0.3 is 10.6 Å². The molecule has 17 heavy (non-hydrogen) atoms. The van der Waals surface area contributed by atoms with Crippen molar-refractivity contribution in [1.29, 1.82) is 0 Å². The van der Waals surface area contributed by atoms with Crippen molar-refractivity contribution >= 4 is 18.1 Å². The molecule has 0 amide bonds. The van der Waals surface area contributed by atoms with Crippen LogP contribution in [0.25, 0.3) is 0 Å². The highest BCUT2D eigenvalue weighted by molar-refractivity contribution is 5.85. The van der Waals surface area contributed by atoms with E-state index in [1.807, 2.05) is 0 Å². The van der Waals surface area contributed by atoms with E-state index in [2.05, 4.69) is 41.8 Å². The maximum atomic E-state index is 3.56. The van der Waals surface area contributed by atoms with Gasteiger partial charge in [0.15, 0.2) is 0 Å². The van der Waals surface area contributed by atoms with E-state index in [0.717, 1.165) is 18.9 Å². The van der Waals surface area contributed by atoms with Crippen LogP contribution in [0.1, 0.15) is 25.3 Å². The lowest BCUT2D eigenvalue weighted by Gasteiger charge is -2.23. The minimum Gasteiger partial charge on any atom is -0.385 e. The molecule has 0 radical (unpaired) electrons. The van der Waals surface area contributed by atoms with E-state index in [9.17, 15) is 0 Å². The number of aryl methyl sites for hydroxylation is 1. The Morgan fingerprint density at radius 2 is 2.06 bits per heavy atom. The molecule has 0 unspecified atom stereocenters. The van der Waals surface area contributed by atoms with Crippen LogP contribution in [0.5, 0.6) is 0 Å². The Labute approximate surface area is 111 Å². The summed E-state index contributed by atoms with van der Waals surface area (Å²) in [6, 6.07) is 8.76. The van der Waals surface area contributed by atoms with Crippen molar-refractivity contribution in [1.82, 2.24) is 5.32 Å². The quantitative estimate of drug-likeness (QED) is 0.863. The molecule has 0 spiro atoms. The third-order valence-corrected chi connectivity index (χ3v) is 3.39. The number of halogens is 1. The third kappa shape index (κ3) is 4.57. The Kier molecular flexibility index (Phi) is 6.38. The predicted octanol–water partition coefficient (Wildman–Crippen LogP) is 3.08. The van der Waals surface area contributed by atoms with Gasteiger partial charge in [-0.25, -0.2) is 0 Å². The minimum absolute atomic E-state index is 0. The molecule has 3 heteroatoms. The number of hydrogen-bond donors (Lipinski definition) is 2. The average molecular weight is 255 g/mol. The molecule has 1 heterocycles. The fraction of sp³-hybridized carbons (Fsp3) is 0.571. The van der Waals surface area contributed by atoms with Crippen molar-refractivity contribution in [2.75, 3.05) is 25.0 Å². The second-order valence-corrected chi connectivity index (χ2v) is 4.63. The molecule has 0 aliphatic carbocycles. The predicted molar refractivity (Wildman–Crippen MR) is 77.2 cm³/mol. The van der Waals surface area contributed by atoms with Crippen LogP contribution in [0.4, 0.5) is 5.69 Å². The number of hydrogen-bond acceptors (Lipinski definition) is 2. The van der Waals surface area contributed by atoms with Gasteiger partial charge in [0.1, 0.15) is 0 Å². The molecule has 1 saturated heterocycles. The van der Waals surface area contributed by atoms with E-state index in [1.165, 1.54) is 37.2 Å². The molecule has 0 saturated carbocycles. The van der Waals surface area contributed by atoms with E-state index >= 15 is 0 Å². The molecule has 0 atom stereocenters. The summed E-state index contributed by atoms with van der Waals surface area (Å²) in [4.78, 5) is 0. The summed E-state index contributed by atoms with van der Waals surface area (Å²) in [5.41, 5.74) is 2.69. The van der Waals surface area contributed by atoms with Gasteiger partial charge in [-0.3, -0.25) is 0 Å². The van der Waals surface area contributed by atoms with Gasteiger partial charge in [-0.2, -0.15) is 0 Å². The zero-order valence-corrected chi connectivity index (χ0v) is 11.4. The summed E-state index contributed by atoms with van der Waals surface area (Å²) in [7, 11) is 0. The summed E-state index contributed by atoms with van der Waals surface area (Å²) in [6.45, 7) is 5.68. The fourth-order valence-electron chi connectivity index (χ4n) is 2.25. The monoisotopic (exact) mass is 254 g/mol. The summed E-state index contributed by atoms with van der Waals surface area (Å²) < 4.78 is 0. The maximum absolute atomic E-state index is 3.56. The lowest BCUT2D eigenvalue weighted by atomic mass is 9.98. The van der Waals surface area contributed by atoms with Crippen molar-refractivity contribution in [3.8, 4) is 0 Å². The zero-order valence-electron chi connectivity index (χ0n) is 10.5. The molecule has 0 bridgehead atoms. The Morgan fingerprint density at radius 1 is 1.29 bits per heavy atom. The Morgan fingerprint density at radius 3 is 2.76 bits per heavy atom. The number of piperidine rings is 1. The highest BCUT2D eigenvalue weighted by Crippen LogP contribution is 2.15. The van der Waals surface area contributed by atoms with Gasteiger partial charge in [0.2, 0.25) is 0 Å². The molecule has 1 aromatic rings. The van der Waals surface area contributed by atoms with Crippen LogP contribution in [0.2, 0.25) is 0 Å². The van der Waals surface area contributed by atoms with Gasteiger partial charge in [0.05, 0.1) is 0 Å². The molecular weight excluding hydrogens is 232 g/mol. The summed E-state index contributed by atoms with van der Waals surface area (Å²) in [6.07, 6.45) is 3.73. The van der Waals surface area contributed by atoms with Crippen molar-refractivity contribution in [3.63, 3.8) is 0 Å². The SMILES string of the molecule is CCc1cccc(NCC2CCNCC2)c1.Cl. The normalized spacial score (nSPS) is 16.3. The molecule has 1 aliphatic rings. The molecule has 1 aromatic carbocycles. The van der Waals surface area contributed by atoms with E-state index in [-0.39, 0.29) is 12.4 Å². The number of rotatable bonds is 4. The molecule has 1 aliphatic heterocycles. The number of benzene rings is 1. The van der Waals surface area contributed by atoms with Gasteiger partial charge in [-0.1, -0.05) is 19.1 Å². The van der Waals surface area contributed by atoms with Crippen LogP contribution >= 0.6 is 12.4 Å². The highest BCUT2D eigenvalue weighted by Gasteiger charge is 2.12. The molecule has 2 rings (SSSR count). The molecule has 2 nitrogen and oxygen atoms in total. The molecule has 1 fully saturated rings. The largest absolute Gasteiger partial charge is 0.385 e. The van der Waals surface area contributed by atoms with E-state index < -0.39 is 0 Å². The standard InChI is InChI=1S/C14H22N2.ClH/c1-2-12-4-3-5-14(10-12)16-11-13-6-8-15-9-7-13;/h3-5,10,13,15-16H,2,6-9,11H2,1H3;1H. The van der Waals surface area contributed by atoms with E-state index in [4.69, 9.17) is 0 Å². The van der Waals surface area contributed by atoms with Gasteiger partial charge in [-0.05, 0) is 56.0 Å². The van der Waals surface area contributed by atoms with E-state index in [1.54, 1.807) is 0 Å². The van der Waals surface area contributed by atoms with Gasteiger partial charge in [0, 0.05) is 12.2 Å². The second kappa shape index (κ2) is 7.57. The summed E-state index contributed by atoms with van der Waals surface area (Å²) in [5.74, 6) is 0.839. The lowest BCUT2D eigenvalue weighted by molar-refractivity contribution is 0.390. The Hall–Kier alpha value is -0.730. The van der Waals surface area contributed by atoms with Crippen LogP contribution < -0.4 is 10.6 Å². The Balaban J connectivity index is 0.00000144. The van der Waals surface area contributed by atoms with Crippen LogP contribution in [-0.2, 0) is 6.42 Å². The van der Waals surface area contributed by atoms with Crippen LogP contribution in [0, 0.1) is 5.92 Å². The molecule has 2 N–H and O–H groups in total. The second-order valence-electron chi connectivity index (χ2n) is 4.63. The van der Waals surface area contributed by atoms with Crippen LogP contribution in [0.3, 0.4) is 0 Å². The molecule has 0 aromatic heterocycles. The average Bonchev–Trinajstić information content (AvgIpc) is 2.38. The highest BCUT2D eigenvalue weighted by atomic mass is 35.5. The smallest absolute Gasteiger partial charge is 0.0342 e. The van der Waals surface area contributed by atoms with Crippen LogP contribution in [-0.4, -0.2) is 19.6 Å². The first kappa shape index (κ1) is 14.3. The zero-order chi connectivity index (χ0) is 11.2. The minimum atomic E-state index is 0. The number of nitrogens with one attached hydrogen (secondary N) is 2. The van der Waals surface area contributed by atoms with Gasteiger partial charge in [-0.15, -0.1) is 12.4 Å². The van der Waals surface area contributed by atoms with Crippen molar-refractivity contribution in [2.45, 2.75) is 26.2 Å². The van der Waals surface area contributed by atoms with Gasteiger partial charge >= 0.3 is 0 Å². The fourth-order valence-corrected chi connectivity index (χ4v) is 2.25. The molecular formula is C14H23ClN2. The third-order valence-electron chi connectivity index (χ3n) is 3.39. The summed E-state index contributed by atoms with van der Waals surface area (Å²) >= 11 is 0. The van der Waals surface area contributed by atoms with E-state index in [0.29, 0.717) is 0 Å². The first-order valence-electron chi connectivity index (χ1n) is 6.42. The summed E-state index contributed by atoms with van der Waals surface area (Å²) in [5, 5.41) is 6.96. The maximum Gasteiger partial charge on any atom is 0.0342 e. The first-order chi connectivity index (χ1) is 7.88. The molecule has 96 valence electrons. The topological polar surface area (TPSA) is 24.1 Å². The number of anilines is 1. The van der Waals surface area contributed by atoms with Crippen LogP contribution in [0.15, 0.2) is 24.3 Å². The first-order valence-corrected chi connectivity index (χ1v) is 6.42. The lowest BCUT2D eigenvalue weighted by Crippen LogP contribution is -2.31. The van der Waals surface area contributed by atoms with Crippen molar-refractivity contribution in [3.05, 3.63) is 29.8 Å². The Bertz CT molecular complexity index is 322.